The molecule has 0 spiro atoms. The molecule has 1 aromatic rings. The first-order chi connectivity index (χ1) is 9.25. The summed E-state index contributed by atoms with van der Waals surface area (Å²) in [6.45, 7) is 2.75. The van der Waals surface area contributed by atoms with Gasteiger partial charge >= 0.3 is 0 Å². The fraction of sp³-hybridized carbons (Fsp3) is 0.600. The van der Waals surface area contributed by atoms with Crippen LogP contribution in [-0.2, 0) is 0 Å². The van der Waals surface area contributed by atoms with Gasteiger partial charge in [0.15, 0.2) is 0 Å². The molecule has 0 bridgehead atoms. The van der Waals surface area contributed by atoms with E-state index >= 15 is 0 Å². The Balaban J connectivity index is 1.91. The first-order valence-corrected chi connectivity index (χ1v) is 7.21. The highest BCUT2D eigenvalue weighted by Gasteiger charge is 2.33. The number of benzene rings is 1. The predicted octanol–water partition coefficient (Wildman–Crippen LogP) is 2.03. The molecule has 0 saturated carbocycles. The van der Waals surface area contributed by atoms with Crippen LogP contribution in [0.2, 0.25) is 0 Å². The molecule has 2 unspecified atom stereocenters. The number of nitrogens with two attached hydrogens (primary N) is 1. The topological polar surface area (TPSA) is 58.7 Å². The van der Waals surface area contributed by atoms with Crippen LogP contribution in [0.25, 0.3) is 0 Å². The zero-order chi connectivity index (χ0) is 13.2. The van der Waals surface area contributed by atoms with Crippen LogP contribution in [0, 0.1) is 0 Å². The number of rotatable bonds is 1. The second-order valence-electron chi connectivity index (χ2n) is 5.59. The fourth-order valence-corrected chi connectivity index (χ4v) is 3.24. The first-order valence-electron chi connectivity index (χ1n) is 7.21. The van der Waals surface area contributed by atoms with Gasteiger partial charge in [0.2, 0.25) is 0 Å². The minimum absolute atomic E-state index is 0.00939. The van der Waals surface area contributed by atoms with Gasteiger partial charge < -0.3 is 15.6 Å². The summed E-state index contributed by atoms with van der Waals surface area (Å²) in [7, 11) is 0. The average Bonchev–Trinajstić information content (AvgIpc) is 2.68. The van der Waals surface area contributed by atoms with Crippen LogP contribution in [-0.4, -0.2) is 35.7 Å². The number of ether oxygens (including phenoxy) is 1. The third kappa shape index (κ3) is 2.55. The molecule has 104 valence electrons. The Morgan fingerprint density at radius 3 is 2.63 bits per heavy atom. The van der Waals surface area contributed by atoms with Crippen molar-refractivity contribution in [1.29, 1.82) is 0 Å². The van der Waals surface area contributed by atoms with E-state index in [1.165, 1.54) is 25.7 Å². The lowest BCUT2D eigenvalue weighted by Gasteiger charge is -2.39. The third-order valence-corrected chi connectivity index (χ3v) is 4.19. The lowest BCUT2D eigenvalue weighted by molar-refractivity contribution is 0.121. The number of phenols is 1. The van der Waals surface area contributed by atoms with E-state index in [2.05, 4.69) is 4.90 Å². The molecule has 19 heavy (non-hydrogen) atoms. The largest absolute Gasteiger partial charge is 0.508 e. The number of nitrogens with zero attached hydrogens (tertiary/aromatic N) is 1. The SMILES string of the molecule is NC1COc2cc(O)ccc2C1N1CCCCCC1. The quantitative estimate of drug-likeness (QED) is 0.813. The molecule has 2 aliphatic rings. The molecule has 2 aliphatic heterocycles. The van der Waals surface area contributed by atoms with Gasteiger partial charge in [-0.15, -0.1) is 0 Å². The number of likely N-dealkylation sites (tertiary alicyclic amines) is 1. The van der Waals surface area contributed by atoms with E-state index in [4.69, 9.17) is 10.5 Å². The van der Waals surface area contributed by atoms with E-state index in [0.29, 0.717) is 6.61 Å². The number of aromatic hydroxyl groups is 1. The predicted molar refractivity (Wildman–Crippen MR) is 74.4 cm³/mol. The van der Waals surface area contributed by atoms with Crippen molar-refractivity contribution in [3.63, 3.8) is 0 Å². The zero-order valence-corrected chi connectivity index (χ0v) is 11.2. The first kappa shape index (κ1) is 12.8. The van der Waals surface area contributed by atoms with E-state index in [-0.39, 0.29) is 17.8 Å². The van der Waals surface area contributed by atoms with Crippen LogP contribution >= 0.6 is 0 Å². The van der Waals surface area contributed by atoms with Crippen LogP contribution in [0.1, 0.15) is 37.3 Å². The molecule has 1 saturated heterocycles. The van der Waals surface area contributed by atoms with E-state index < -0.39 is 0 Å². The molecule has 3 N–H and O–H groups in total. The summed E-state index contributed by atoms with van der Waals surface area (Å²) < 4.78 is 5.66. The minimum atomic E-state index is 0.00939. The molecule has 0 aromatic heterocycles. The minimum Gasteiger partial charge on any atom is -0.508 e. The van der Waals surface area contributed by atoms with E-state index in [9.17, 15) is 5.11 Å². The van der Waals surface area contributed by atoms with Crippen molar-refractivity contribution in [2.24, 2.45) is 5.73 Å². The van der Waals surface area contributed by atoms with Crippen molar-refractivity contribution in [3.05, 3.63) is 23.8 Å². The van der Waals surface area contributed by atoms with Gasteiger partial charge in [-0.05, 0) is 32.0 Å². The number of hydrogen-bond donors (Lipinski definition) is 2. The summed E-state index contributed by atoms with van der Waals surface area (Å²) in [5, 5.41) is 9.57. The molecule has 0 radical (unpaired) electrons. The molecule has 0 amide bonds. The van der Waals surface area contributed by atoms with Crippen molar-refractivity contribution in [3.8, 4) is 11.5 Å². The van der Waals surface area contributed by atoms with Gasteiger partial charge in [-0.2, -0.15) is 0 Å². The maximum absolute atomic E-state index is 9.57. The second kappa shape index (κ2) is 5.39. The molecule has 1 fully saturated rings. The van der Waals surface area contributed by atoms with Gasteiger partial charge in [0.25, 0.3) is 0 Å². The van der Waals surface area contributed by atoms with Crippen molar-refractivity contribution in [2.45, 2.75) is 37.8 Å². The molecule has 1 aromatic carbocycles. The van der Waals surface area contributed by atoms with Crippen LogP contribution < -0.4 is 10.5 Å². The van der Waals surface area contributed by atoms with Crippen LogP contribution in [0.5, 0.6) is 11.5 Å². The van der Waals surface area contributed by atoms with Crippen molar-refractivity contribution in [2.75, 3.05) is 19.7 Å². The van der Waals surface area contributed by atoms with Gasteiger partial charge in [0.05, 0.1) is 12.1 Å². The van der Waals surface area contributed by atoms with Gasteiger partial charge in [0.1, 0.15) is 18.1 Å². The maximum Gasteiger partial charge on any atom is 0.127 e. The summed E-state index contributed by atoms with van der Waals surface area (Å²) in [5.74, 6) is 1.04. The normalized spacial score (nSPS) is 28.3. The van der Waals surface area contributed by atoms with Gasteiger partial charge in [-0.1, -0.05) is 18.9 Å². The third-order valence-electron chi connectivity index (χ3n) is 4.19. The molecule has 2 atom stereocenters. The molecule has 3 rings (SSSR count). The fourth-order valence-electron chi connectivity index (χ4n) is 3.24. The van der Waals surface area contributed by atoms with Crippen LogP contribution in [0.3, 0.4) is 0 Å². The summed E-state index contributed by atoms with van der Waals surface area (Å²) in [6.07, 6.45) is 5.13. The molecular weight excluding hydrogens is 240 g/mol. The number of hydrogen-bond acceptors (Lipinski definition) is 4. The van der Waals surface area contributed by atoms with Crippen molar-refractivity contribution >= 4 is 0 Å². The Morgan fingerprint density at radius 1 is 1.16 bits per heavy atom. The Labute approximate surface area is 114 Å². The summed E-state index contributed by atoms with van der Waals surface area (Å²) in [5.41, 5.74) is 7.41. The van der Waals surface area contributed by atoms with E-state index in [1.807, 2.05) is 6.07 Å². The zero-order valence-electron chi connectivity index (χ0n) is 11.2. The summed E-state index contributed by atoms with van der Waals surface area (Å²) in [6, 6.07) is 5.62. The molecule has 0 aliphatic carbocycles. The summed E-state index contributed by atoms with van der Waals surface area (Å²) in [4.78, 5) is 2.50. The molecular formula is C15H22N2O2. The Kier molecular flexibility index (Phi) is 3.62. The van der Waals surface area contributed by atoms with Crippen molar-refractivity contribution in [1.82, 2.24) is 4.90 Å². The second-order valence-corrected chi connectivity index (χ2v) is 5.59. The lowest BCUT2D eigenvalue weighted by atomic mass is 9.95. The van der Waals surface area contributed by atoms with E-state index in [0.717, 1.165) is 24.4 Å². The monoisotopic (exact) mass is 262 g/mol. The number of phenolic OH excluding ortho intramolecular Hbond substituents is 1. The van der Waals surface area contributed by atoms with Gasteiger partial charge in [-0.3, -0.25) is 4.90 Å². The van der Waals surface area contributed by atoms with Crippen molar-refractivity contribution < 1.29 is 9.84 Å². The molecule has 4 heteroatoms. The van der Waals surface area contributed by atoms with Gasteiger partial charge in [0, 0.05) is 11.6 Å². The molecule has 4 nitrogen and oxygen atoms in total. The standard InChI is InChI=1S/C15H22N2O2/c16-13-10-19-14-9-11(18)5-6-12(14)15(13)17-7-3-1-2-4-8-17/h5-6,9,13,15,18H,1-4,7-8,10,16H2. The highest BCUT2D eigenvalue weighted by molar-refractivity contribution is 5.44. The Morgan fingerprint density at radius 2 is 1.89 bits per heavy atom. The average molecular weight is 262 g/mol. The maximum atomic E-state index is 9.57. The highest BCUT2D eigenvalue weighted by atomic mass is 16.5. The smallest absolute Gasteiger partial charge is 0.127 e. The van der Waals surface area contributed by atoms with Gasteiger partial charge in [-0.25, -0.2) is 0 Å². The molecule has 2 heterocycles. The van der Waals surface area contributed by atoms with Crippen LogP contribution in [0.4, 0.5) is 0 Å². The lowest BCUT2D eigenvalue weighted by Crippen LogP contribution is -2.47. The summed E-state index contributed by atoms with van der Waals surface area (Å²) >= 11 is 0. The van der Waals surface area contributed by atoms with E-state index in [1.54, 1.807) is 12.1 Å². The Hall–Kier alpha value is -1.26. The highest BCUT2D eigenvalue weighted by Crippen LogP contribution is 2.38. The Bertz CT molecular complexity index is 442. The van der Waals surface area contributed by atoms with Crippen LogP contribution in [0.15, 0.2) is 18.2 Å². The number of fused-ring (bicyclic) bond motifs is 1.